The number of likely N-dealkylation sites (N-methyl/N-ethyl adjacent to an activating group) is 1. The maximum atomic E-state index is 12.6. The summed E-state index contributed by atoms with van der Waals surface area (Å²) in [7, 11) is 0. The van der Waals surface area contributed by atoms with Crippen molar-refractivity contribution in [1.29, 1.82) is 0 Å². The summed E-state index contributed by atoms with van der Waals surface area (Å²) in [6.45, 7) is 10.9. The maximum Gasteiger partial charge on any atom is 0.230 e. The molecule has 2 aliphatic rings. The van der Waals surface area contributed by atoms with E-state index in [9.17, 15) is 4.79 Å². The number of hydrogen-bond donors (Lipinski definition) is 1. The van der Waals surface area contributed by atoms with Gasteiger partial charge >= 0.3 is 0 Å². The smallest absolute Gasteiger partial charge is 0.230 e. The van der Waals surface area contributed by atoms with E-state index >= 15 is 0 Å². The molecule has 0 bridgehead atoms. The van der Waals surface area contributed by atoms with Gasteiger partial charge in [0.15, 0.2) is 0 Å². The molecular formula is C14H27N3O. The molecule has 1 heterocycles. The molecule has 2 fully saturated rings. The van der Waals surface area contributed by atoms with Crippen molar-refractivity contribution in [2.45, 2.75) is 39.7 Å². The van der Waals surface area contributed by atoms with Crippen molar-refractivity contribution in [2.75, 3.05) is 32.7 Å². The van der Waals surface area contributed by atoms with Crippen molar-refractivity contribution in [2.24, 2.45) is 17.1 Å². The molecule has 0 spiro atoms. The molecule has 18 heavy (non-hydrogen) atoms. The second kappa shape index (κ2) is 5.17. The third-order valence-corrected chi connectivity index (χ3v) is 4.78. The Morgan fingerprint density at radius 2 is 2.00 bits per heavy atom. The maximum absolute atomic E-state index is 12.6. The fraction of sp³-hybridized carbons (Fsp3) is 0.929. The predicted octanol–water partition coefficient (Wildman–Crippen LogP) is 0.914. The molecule has 1 saturated heterocycles. The van der Waals surface area contributed by atoms with Crippen LogP contribution in [0, 0.1) is 11.3 Å². The third-order valence-electron chi connectivity index (χ3n) is 4.78. The van der Waals surface area contributed by atoms with Gasteiger partial charge in [-0.2, -0.15) is 0 Å². The van der Waals surface area contributed by atoms with Gasteiger partial charge in [-0.15, -0.1) is 0 Å². The molecule has 2 rings (SSSR count). The summed E-state index contributed by atoms with van der Waals surface area (Å²) < 4.78 is 0. The van der Waals surface area contributed by atoms with Crippen LogP contribution >= 0.6 is 0 Å². The third kappa shape index (κ3) is 2.28. The van der Waals surface area contributed by atoms with Crippen LogP contribution in [-0.2, 0) is 4.79 Å². The zero-order chi connectivity index (χ0) is 13.3. The molecule has 0 aromatic rings. The number of rotatable bonds is 3. The molecule has 1 aliphatic carbocycles. The first-order valence-electron chi connectivity index (χ1n) is 7.26. The summed E-state index contributed by atoms with van der Waals surface area (Å²) in [5.41, 5.74) is 5.64. The number of carbonyl (C=O) groups excluding carboxylic acids is 1. The van der Waals surface area contributed by atoms with Crippen LogP contribution < -0.4 is 5.73 Å². The van der Waals surface area contributed by atoms with Gasteiger partial charge in [0.25, 0.3) is 0 Å². The van der Waals surface area contributed by atoms with Gasteiger partial charge in [0.2, 0.25) is 5.91 Å². The molecule has 0 aromatic heterocycles. The predicted molar refractivity (Wildman–Crippen MR) is 73.2 cm³/mol. The van der Waals surface area contributed by atoms with Gasteiger partial charge in [0, 0.05) is 32.2 Å². The van der Waals surface area contributed by atoms with Crippen molar-refractivity contribution < 1.29 is 4.79 Å². The van der Waals surface area contributed by atoms with Crippen molar-refractivity contribution in [3.8, 4) is 0 Å². The van der Waals surface area contributed by atoms with Gasteiger partial charge in [0.1, 0.15) is 0 Å². The summed E-state index contributed by atoms with van der Waals surface area (Å²) >= 11 is 0. The molecule has 0 aromatic carbocycles. The van der Waals surface area contributed by atoms with E-state index in [-0.39, 0.29) is 5.41 Å². The number of carbonyl (C=O) groups is 1. The lowest BCUT2D eigenvalue weighted by atomic mass is 9.61. The van der Waals surface area contributed by atoms with Gasteiger partial charge in [0.05, 0.1) is 5.41 Å². The zero-order valence-corrected chi connectivity index (χ0v) is 12.0. The highest BCUT2D eigenvalue weighted by Gasteiger charge is 2.49. The second-order valence-corrected chi connectivity index (χ2v) is 6.23. The highest BCUT2D eigenvalue weighted by atomic mass is 16.2. The van der Waals surface area contributed by atoms with Gasteiger partial charge in [-0.05, 0) is 32.2 Å². The topological polar surface area (TPSA) is 49.6 Å². The molecule has 1 atom stereocenters. The van der Waals surface area contributed by atoms with Crippen LogP contribution in [0.1, 0.15) is 33.6 Å². The monoisotopic (exact) mass is 253 g/mol. The molecule has 104 valence electrons. The van der Waals surface area contributed by atoms with Crippen LogP contribution in [0.3, 0.4) is 0 Å². The van der Waals surface area contributed by atoms with Gasteiger partial charge < -0.3 is 10.6 Å². The van der Waals surface area contributed by atoms with Crippen LogP contribution in [0.5, 0.6) is 0 Å². The average molecular weight is 253 g/mol. The van der Waals surface area contributed by atoms with E-state index in [2.05, 4.69) is 30.6 Å². The lowest BCUT2D eigenvalue weighted by Crippen LogP contribution is -2.60. The molecule has 1 aliphatic heterocycles. The molecule has 2 N–H and O–H groups in total. The van der Waals surface area contributed by atoms with Crippen LogP contribution in [0.15, 0.2) is 0 Å². The largest absolute Gasteiger partial charge is 0.339 e. The molecule has 1 saturated carbocycles. The van der Waals surface area contributed by atoms with Crippen LogP contribution in [0.4, 0.5) is 0 Å². The Hall–Kier alpha value is -0.610. The van der Waals surface area contributed by atoms with Crippen molar-refractivity contribution in [1.82, 2.24) is 9.80 Å². The Bertz CT molecular complexity index is 312. The number of piperazine rings is 1. The van der Waals surface area contributed by atoms with Crippen molar-refractivity contribution >= 4 is 5.91 Å². The minimum atomic E-state index is -0.229. The first-order chi connectivity index (χ1) is 8.52. The Balaban J connectivity index is 1.98. The lowest BCUT2D eigenvalue weighted by Gasteiger charge is -2.49. The zero-order valence-electron chi connectivity index (χ0n) is 12.0. The molecule has 0 radical (unpaired) electrons. The Kier molecular flexibility index (Phi) is 3.97. The normalized spacial score (nSPS) is 37.4. The number of hydrogen-bond acceptors (Lipinski definition) is 3. The molecule has 4 nitrogen and oxygen atoms in total. The average Bonchev–Trinajstić information content (AvgIpc) is 2.33. The quantitative estimate of drug-likeness (QED) is 0.813. The minimum Gasteiger partial charge on any atom is -0.339 e. The van der Waals surface area contributed by atoms with Gasteiger partial charge in [-0.25, -0.2) is 0 Å². The van der Waals surface area contributed by atoms with E-state index in [1.165, 1.54) is 0 Å². The number of nitrogens with zero attached hydrogens (tertiary/aromatic N) is 2. The second-order valence-electron chi connectivity index (χ2n) is 6.23. The highest BCUT2D eigenvalue weighted by Crippen LogP contribution is 2.46. The summed E-state index contributed by atoms with van der Waals surface area (Å²) in [6.07, 6.45) is 1.95. The fourth-order valence-electron chi connectivity index (χ4n) is 3.69. The summed E-state index contributed by atoms with van der Waals surface area (Å²) in [4.78, 5) is 17.1. The van der Waals surface area contributed by atoms with Gasteiger partial charge in [-0.3, -0.25) is 9.69 Å². The molecule has 4 heteroatoms. The number of nitrogens with two attached hydrogens (primary N) is 1. The SMILES string of the molecule is CCN1CCN(C(=O)C2(CN)CC(C)C2)CC1C. The summed E-state index contributed by atoms with van der Waals surface area (Å²) in [6, 6.07) is 0.472. The van der Waals surface area contributed by atoms with Crippen LogP contribution in [0.25, 0.3) is 0 Å². The van der Waals surface area contributed by atoms with E-state index in [4.69, 9.17) is 5.73 Å². The van der Waals surface area contributed by atoms with E-state index in [1.54, 1.807) is 0 Å². The van der Waals surface area contributed by atoms with Crippen LogP contribution in [-0.4, -0.2) is 54.5 Å². The number of amides is 1. The van der Waals surface area contributed by atoms with E-state index in [1.807, 2.05) is 0 Å². The van der Waals surface area contributed by atoms with Gasteiger partial charge in [-0.1, -0.05) is 13.8 Å². The fourth-order valence-corrected chi connectivity index (χ4v) is 3.69. The van der Waals surface area contributed by atoms with Crippen LogP contribution in [0.2, 0.25) is 0 Å². The summed E-state index contributed by atoms with van der Waals surface area (Å²) in [5.74, 6) is 0.970. The Morgan fingerprint density at radius 3 is 2.44 bits per heavy atom. The van der Waals surface area contributed by atoms with E-state index in [0.29, 0.717) is 24.4 Å². The van der Waals surface area contributed by atoms with Crippen molar-refractivity contribution in [3.05, 3.63) is 0 Å². The summed E-state index contributed by atoms with van der Waals surface area (Å²) in [5, 5.41) is 0. The molecular weight excluding hydrogens is 226 g/mol. The Morgan fingerprint density at radius 1 is 1.33 bits per heavy atom. The highest BCUT2D eigenvalue weighted by molar-refractivity contribution is 5.84. The molecule has 1 unspecified atom stereocenters. The lowest BCUT2D eigenvalue weighted by molar-refractivity contribution is -0.152. The first-order valence-corrected chi connectivity index (χ1v) is 7.26. The molecule has 1 amide bonds. The van der Waals surface area contributed by atoms with E-state index < -0.39 is 0 Å². The minimum absolute atomic E-state index is 0.229. The standard InChI is InChI=1S/C14H27N3O/c1-4-16-5-6-17(9-12(16)3)13(18)14(10-15)7-11(2)8-14/h11-12H,4-10,15H2,1-3H3. The van der Waals surface area contributed by atoms with E-state index in [0.717, 1.165) is 39.0 Å². The Labute approximate surface area is 110 Å². The first kappa shape index (κ1) is 13.8. The van der Waals surface area contributed by atoms with Crippen molar-refractivity contribution in [3.63, 3.8) is 0 Å².